The second-order valence-corrected chi connectivity index (χ2v) is 4.17. The lowest BCUT2D eigenvalue weighted by Gasteiger charge is -2.13. The minimum absolute atomic E-state index is 0.312. The van der Waals surface area contributed by atoms with Crippen molar-refractivity contribution in [1.82, 2.24) is 0 Å². The molecule has 1 aromatic carbocycles. The highest BCUT2D eigenvalue weighted by Gasteiger charge is 2.77. The standard InChI is InChI=1S/C11H7F5O2/c12-10(13)5-9(10,8(17)18)6-1-3-7(4-2-6)11(14,15)16/h1-4H,5H2,(H,17,18). The molecule has 98 valence electrons. The number of halogens is 5. The Bertz CT molecular complexity index is 491. The Morgan fingerprint density at radius 2 is 1.61 bits per heavy atom. The molecule has 1 N–H and O–H groups in total. The Morgan fingerprint density at radius 3 is 1.89 bits per heavy atom. The average Bonchev–Trinajstić information content (AvgIpc) is 2.82. The summed E-state index contributed by atoms with van der Waals surface area (Å²) in [5, 5.41) is 8.82. The minimum Gasteiger partial charge on any atom is -0.480 e. The first-order valence-electron chi connectivity index (χ1n) is 4.90. The van der Waals surface area contributed by atoms with Crippen LogP contribution in [0.25, 0.3) is 0 Å². The third kappa shape index (κ3) is 1.65. The van der Waals surface area contributed by atoms with Crippen LogP contribution in [-0.2, 0) is 16.4 Å². The molecule has 1 aliphatic carbocycles. The third-order valence-corrected chi connectivity index (χ3v) is 3.06. The fourth-order valence-electron chi connectivity index (χ4n) is 1.90. The van der Waals surface area contributed by atoms with E-state index in [1.54, 1.807) is 0 Å². The van der Waals surface area contributed by atoms with Crippen molar-refractivity contribution in [3.8, 4) is 0 Å². The molecule has 2 nitrogen and oxygen atoms in total. The van der Waals surface area contributed by atoms with Crippen LogP contribution >= 0.6 is 0 Å². The van der Waals surface area contributed by atoms with Gasteiger partial charge in [0.1, 0.15) is 0 Å². The molecule has 0 spiro atoms. The van der Waals surface area contributed by atoms with Crippen molar-refractivity contribution in [2.24, 2.45) is 0 Å². The van der Waals surface area contributed by atoms with Crippen LogP contribution in [0.15, 0.2) is 24.3 Å². The molecule has 0 saturated heterocycles. The molecule has 1 aromatic rings. The van der Waals surface area contributed by atoms with Crippen LogP contribution in [0.3, 0.4) is 0 Å². The molecule has 0 aromatic heterocycles. The van der Waals surface area contributed by atoms with E-state index in [-0.39, 0.29) is 5.56 Å². The van der Waals surface area contributed by atoms with Gasteiger partial charge in [-0.2, -0.15) is 13.2 Å². The summed E-state index contributed by atoms with van der Waals surface area (Å²) in [5.74, 6) is -5.15. The molecule has 0 radical (unpaired) electrons. The average molecular weight is 266 g/mol. The summed E-state index contributed by atoms with van der Waals surface area (Å²) in [7, 11) is 0. The topological polar surface area (TPSA) is 37.3 Å². The van der Waals surface area contributed by atoms with E-state index in [0.29, 0.717) is 12.1 Å². The molecule has 0 bridgehead atoms. The van der Waals surface area contributed by atoms with Gasteiger partial charge in [0, 0.05) is 6.42 Å². The van der Waals surface area contributed by atoms with E-state index in [1.165, 1.54) is 0 Å². The Kier molecular flexibility index (Phi) is 2.43. The predicted octanol–water partition coefficient (Wildman–Crippen LogP) is 3.07. The number of aliphatic carboxylic acids is 1. The van der Waals surface area contributed by atoms with Crippen LogP contribution in [0.5, 0.6) is 0 Å². The summed E-state index contributed by atoms with van der Waals surface area (Å²) in [4.78, 5) is 10.9. The van der Waals surface area contributed by atoms with Gasteiger partial charge < -0.3 is 5.11 Å². The van der Waals surface area contributed by atoms with Gasteiger partial charge in [0.2, 0.25) is 0 Å². The van der Waals surface area contributed by atoms with Gasteiger partial charge in [0.15, 0.2) is 5.41 Å². The van der Waals surface area contributed by atoms with Crippen LogP contribution in [0.1, 0.15) is 17.5 Å². The van der Waals surface area contributed by atoms with Crippen molar-refractivity contribution in [2.75, 3.05) is 0 Å². The van der Waals surface area contributed by atoms with Crippen molar-refractivity contribution in [3.63, 3.8) is 0 Å². The number of rotatable bonds is 2. The zero-order chi connectivity index (χ0) is 13.8. The SMILES string of the molecule is O=C(O)C1(c2ccc(C(F)(F)F)cc2)CC1(F)F. The molecule has 7 heteroatoms. The molecule has 1 saturated carbocycles. The van der Waals surface area contributed by atoms with E-state index in [1.807, 2.05) is 0 Å². The summed E-state index contributed by atoms with van der Waals surface area (Å²) < 4.78 is 63.1. The van der Waals surface area contributed by atoms with Gasteiger partial charge in [0.25, 0.3) is 5.92 Å². The van der Waals surface area contributed by atoms with Gasteiger partial charge >= 0.3 is 12.1 Å². The Labute approximate surface area is 98.0 Å². The Morgan fingerprint density at radius 1 is 1.17 bits per heavy atom. The lowest BCUT2D eigenvalue weighted by molar-refractivity contribution is -0.143. The molecule has 1 fully saturated rings. The van der Waals surface area contributed by atoms with E-state index < -0.39 is 35.5 Å². The fourth-order valence-corrected chi connectivity index (χ4v) is 1.90. The molecule has 18 heavy (non-hydrogen) atoms. The highest BCUT2D eigenvalue weighted by molar-refractivity contribution is 5.87. The number of carboxylic acid groups (broad SMARTS) is 1. The Balaban J connectivity index is 2.39. The van der Waals surface area contributed by atoms with Crippen LogP contribution in [0, 0.1) is 0 Å². The molecular formula is C11H7F5O2. The van der Waals surface area contributed by atoms with Gasteiger partial charge in [-0.25, -0.2) is 8.78 Å². The molecular weight excluding hydrogens is 259 g/mol. The van der Waals surface area contributed by atoms with Crippen molar-refractivity contribution >= 4 is 5.97 Å². The summed E-state index contributed by atoms with van der Waals surface area (Å²) in [6.07, 6.45) is -5.47. The molecule has 1 aliphatic rings. The zero-order valence-electron chi connectivity index (χ0n) is 8.76. The quantitative estimate of drug-likeness (QED) is 0.835. The molecule has 1 atom stereocenters. The number of hydrogen-bond acceptors (Lipinski definition) is 1. The van der Waals surface area contributed by atoms with E-state index in [4.69, 9.17) is 5.11 Å². The van der Waals surface area contributed by atoms with E-state index in [2.05, 4.69) is 0 Å². The van der Waals surface area contributed by atoms with Gasteiger partial charge in [0.05, 0.1) is 5.56 Å². The first-order chi connectivity index (χ1) is 8.11. The number of benzene rings is 1. The third-order valence-electron chi connectivity index (χ3n) is 3.06. The van der Waals surface area contributed by atoms with E-state index in [0.717, 1.165) is 12.1 Å². The van der Waals surface area contributed by atoms with Crippen LogP contribution in [-0.4, -0.2) is 17.0 Å². The number of carbonyl (C=O) groups is 1. The smallest absolute Gasteiger partial charge is 0.416 e. The number of hydrogen-bond donors (Lipinski definition) is 1. The van der Waals surface area contributed by atoms with Crippen LogP contribution < -0.4 is 0 Å². The second kappa shape index (κ2) is 3.43. The molecule has 0 heterocycles. The first kappa shape index (κ1) is 12.8. The zero-order valence-corrected chi connectivity index (χ0v) is 8.76. The highest BCUT2D eigenvalue weighted by atomic mass is 19.4. The normalized spacial score (nSPS) is 25.8. The van der Waals surface area contributed by atoms with E-state index >= 15 is 0 Å². The monoisotopic (exact) mass is 266 g/mol. The molecule has 2 rings (SSSR count). The summed E-state index contributed by atoms with van der Waals surface area (Å²) in [5.41, 5.74) is -3.69. The van der Waals surface area contributed by atoms with Crippen molar-refractivity contribution in [2.45, 2.75) is 23.9 Å². The fraction of sp³-hybridized carbons (Fsp3) is 0.364. The number of alkyl halides is 5. The van der Waals surface area contributed by atoms with Gasteiger partial charge in [-0.3, -0.25) is 4.79 Å². The van der Waals surface area contributed by atoms with Crippen molar-refractivity contribution in [3.05, 3.63) is 35.4 Å². The summed E-state index contributed by atoms with van der Waals surface area (Å²) >= 11 is 0. The van der Waals surface area contributed by atoms with E-state index in [9.17, 15) is 26.7 Å². The lowest BCUT2D eigenvalue weighted by atomic mass is 9.94. The van der Waals surface area contributed by atoms with Gasteiger partial charge in [-0.1, -0.05) is 12.1 Å². The predicted molar refractivity (Wildman–Crippen MR) is 50.3 cm³/mol. The maximum atomic E-state index is 13.1. The maximum Gasteiger partial charge on any atom is 0.416 e. The molecule has 1 unspecified atom stereocenters. The van der Waals surface area contributed by atoms with Gasteiger partial charge in [-0.05, 0) is 17.7 Å². The second-order valence-electron chi connectivity index (χ2n) is 4.17. The summed E-state index contributed by atoms with van der Waals surface area (Å²) in [6, 6.07) is 2.79. The number of carboxylic acids is 1. The molecule has 0 amide bonds. The molecule has 0 aliphatic heterocycles. The highest BCUT2D eigenvalue weighted by Crippen LogP contribution is 2.61. The van der Waals surface area contributed by atoms with Crippen LogP contribution in [0.2, 0.25) is 0 Å². The van der Waals surface area contributed by atoms with Crippen molar-refractivity contribution in [1.29, 1.82) is 0 Å². The first-order valence-corrected chi connectivity index (χ1v) is 4.90. The summed E-state index contributed by atoms with van der Waals surface area (Å²) in [6.45, 7) is 0. The van der Waals surface area contributed by atoms with Gasteiger partial charge in [-0.15, -0.1) is 0 Å². The lowest BCUT2D eigenvalue weighted by Crippen LogP contribution is -2.27. The van der Waals surface area contributed by atoms with Crippen LogP contribution in [0.4, 0.5) is 22.0 Å². The largest absolute Gasteiger partial charge is 0.480 e. The maximum absolute atomic E-state index is 13.1. The minimum atomic E-state index is -4.58. The van der Waals surface area contributed by atoms with Crippen molar-refractivity contribution < 1.29 is 31.9 Å². The Hall–Kier alpha value is -1.66.